The average molecular weight is 326 g/mol. The maximum absolute atomic E-state index is 12.5. The van der Waals surface area contributed by atoms with Crippen molar-refractivity contribution in [3.8, 4) is 0 Å². The van der Waals surface area contributed by atoms with E-state index >= 15 is 0 Å². The van der Waals surface area contributed by atoms with Gasteiger partial charge in [0.05, 0.1) is 11.5 Å². The fraction of sp³-hybridized carbons (Fsp3) is 0.500. The van der Waals surface area contributed by atoms with Crippen LogP contribution in [0, 0.1) is 0 Å². The van der Waals surface area contributed by atoms with E-state index in [0.717, 1.165) is 12.5 Å². The van der Waals surface area contributed by atoms with Crippen molar-refractivity contribution >= 4 is 21.6 Å². The number of esters is 1. The third kappa shape index (κ3) is 3.94. The molecule has 5 nitrogen and oxygen atoms in total. The first-order valence-electron chi connectivity index (χ1n) is 7.03. The van der Waals surface area contributed by atoms with Crippen molar-refractivity contribution in [2.24, 2.45) is 0 Å². The number of hydrogen-bond donors (Lipinski definition) is 0. The van der Waals surface area contributed by atoms with Gasteiger partial charge in [-0.25, -0.2) is 8.42 Å². The largest absolute Gasteiger partial charge is 0.465 e. The molecule has 0 aromatic heterocycles. The zero-order valence-corrected chi connectivity index (χ0v) is 14.4. The van der Waals surface area contributed by atoms with Crippen LogP contribution in [0.1, 0.15) is 40.2 Å². The minimum absolute atomic E-state index is 0.0150. The van der Waals surface area contributed by atoms with E-state index in [9.17, 15) is 18.0 Å². The number of carbonyl (C=O) groups excluding carboxylic acids is 2. The van der Waals surface area contributed by atoms with E-state index in [-0.39, 0.29) is 16.9 Å². The second-order valence-electron chi connectivity index (χ2n) is 6.06. The Kier molecular flexibility index (Phi) is 5.51. The number of sulfone groups is 1. The summed E-state index contributed by atoms with van der Waals surface area (Å²) in [6, 6.07) is 6.22. The molecule has 0 N–H and O–H groups in total. The van der Waals surface area contributed by atoms with Gasteiger partial charge in [0.2, 0.25) is 5.25 Å². The summed E-state index contributed by atoms with van der Waals surface area (Å²) in [5.41, 5.74) is 0.839. The smallest absolute Gasteiger partial charge is 0.332 e. The molecular formula is C16H22O5S. The number of carbonyl (C=O) groups is 2. The van der Waals surface area contributed by atoms with E-state index in [2.05, 4.69) is 0 Å². The fourth-order valence-corrected chi connectivity index (χ4v) is 3.56. The van der Waals surface area contributed by atoms with Crippen molar-refractivity contribution in [2.75, 3.05) is 6.61 Å². The van der Waals surface area contributed by atoms with Crippen molar-refractivity contribution in [3.05, 3.63) is 29.8 Å². The highest BCUT2D eigenvalue weighted by atomic mass is 32.2. The van der Waals surface area contributed by atoms with Gasteiger partial charge in [0, 0.05) is 0 Å². The molecule has 0 heterocycles. The molecule has 0 bridgehead atoms. The van der Waals surface area contributed by atoms with Gasteiger partial charge >= 0.3 is 5.97 Å². The van der Waals surface area contributed by atoms with Crippen molar-refractivity contribution in [1.29, 1.82) is 0 Å². The van der Waals surface area contributed by atoms with Gasteiger partial charge < -0.3 is 4.74 Å². The van der Waals surface area contributed by atoms with Crippen LogP contribution < -0.4 is 0 Å². The van der Waals surface area contributed by atoms with E-state index < -0.39 is 26.8 Å². The molecule has 0 amide bonds. The molecule has 1 unspecified atom stereocenters. The van der Waals surface area contributed by atoms with Crippen molar-refractivity contribution in [3.63, 3.8) is 0 Å². The Bertz CT molecular complexity index is 651. The van der Waals surface area contributed by atoms with E-state index in [1.54, 1.807) is 19.1 Å². The van der Waals surface area contributed by atoms with Gasteiger partial charge in [-0.3, -0.25) is 9.59 Å². The monoisotopic (exact) mass is 326 g/mol. The molecule has 0 spiro atoms. The van der Waals surface area contributed by atoms with Gasteiger partial charge in [-0.1, -0.05) is 32.9 Å². The van der Waals surface area contributed by atoms with Crippen molar-refractivity contribution in [1.82, 2.24) is 0 Å². The minimum atomic E-state index is -4.11. The quantitative estimate of drug-likeness (QED) is 0.613. The Balaban J connectivity index is 3.26. The number of Topliss-reactive ketones (excluding diaryl/α,β-unsaturated/α-hetero) is 1. The lowest BCUT2D eigenvalue weighted by Crippen LogP contribution is -2.38. The molecule has 0 aliphatic rings. The summed E-state index contributed by atoms with van der Waals surface area (Å²) in [5.74, 6) is -1.78. The average Bonchev–Trinajstić information content (AvgIpc) is 2.37. The Morgan fingerprint density at radius 1 is 1.14 bits per heavy atom. The predicted molar refractivity (Wildman–Crippen MR) is 83.4 cm³/mol. The molecule has 0 radical (unpaired) electrons. The van der Waals surface area contributed by atoms with Gasteiger partial charge in [-0.2, -0.15) is 0 Å². The highest BCUT2D eigenvalue weighted by molar-refractivity contribution is 7.93. The zero-order chi connectivity index (χ0) is 17.1. The SMILES string of the molecule is CCOC(=O)C(C(C)=O)S(=O)(=O)c1ccc(C(C)(C)C)cc1. The van der Waals surface area contributed by atoms with E-state index in [0.29, 0.717) is 0 Å². The maximum atomic E-state index is 12.5. The van der Waals surface area contributed by atoms with Crippen LogP contribution in [0.25, 0.3) is 0 Å². The first kappa shape index (κ1) is 18.4. The van der Waals surface area contributed by atoms with Gasteiger partial charge in [-0.05, 0) is 37.0 Å². The van der Waals surface area contributed by atoms with E-state index in [1.165, 1.54) is 12.1 Å². The van der Waals surface area contributed by atoms with Crippen LogP contribution in [0.2, 0.25) is 0 Å². The minimum Gasteiger partial charge on any atom is -0.465 e. The van der Waals surface area contributed by atoms with Crippen LogP contribution in [0.5, 0.6) is 0 Å². The molecule has 0 aliphatic heterocycles. The van der Waals surface area contributed by atoms with Gasteiger partial charge in [0.1, 0.15) is 0 Å². The summed E-state index contributed by atoms with van der Waals surface area (Å²) in [6.07, 6.45) is 0. The molecule has 0 aliphatic carbocycles. The number of hydrogen-bond acceptors (Lipinski definition) is 5. The molecule has 1 aromatic rings. The van der Waals surface area contributed by atoms with E-state index in [1.807, 2.05) is 20.8 Å². The molecule has 1 aromatic carbocycles. The molecule has 22 heavy (non-hydrogen) atoms. The first-order valence-corrected chi connectivity index (χ1v) is 8.58. The van der Waals surface area contributed by atoms with Crippen LogP contribution in [-0.4, -0.2) is 32.0 Å². The van der Waals surface area contributed by atoms with Crippen LogP contribution in [0.15, 0.2) is 29.2 Å². The highest BCUT2D eigenvalue weighted by Gasteiger charge is 2.39. The second-order valence-corrected chi connectivity index (χ2v) is 8.09. The van der Waals surface area contributed by atoms with E-state index in [4.69, 9.17) is 4.74 Å². The fourth-order valence-electron chi connectivity index (χ4n) is 2.01. The third-order valence-electron chi connectivity index (χ3n) is 3.23. The second kappa shape index (κ2) is 6.60. The molecule has 1 rings (SSSR count). The summed E-state index contributed by atoms with van der Waals surface area (Å²) < 4.78 is 29.8. The molecule has 0 saturated carbocycles. The summed E-state index contributed by atoms with van der Waals surface area (Å²) >= 11 is 0. The Labute approximate surface area is 131 Å². The normalized spacial score (nSPS) is 13.5. The van der Waals surface area contributed by atoms with Gasteiger partial charge in [-0.15, -0.1) is 0 Å². The van der Waals surface area contributed by atoms with Gasteiger partial charge in [0.25, 0.3) is 0 Å². The zero-order valence-electron chi connectivity index (χ0n) is 13.5. The number of ketones is 1. The van der Waals surface area contributed by atoms with Crippen LogP contribution in [0.4, 0.5) is 0 Å². The number of benzene rings is 1. The Hall–Kier alpha value is -1.69. The Morgan fingerprint density at radius 3 is 2.00 bits per heavy atom. The Morgan fingerprint density at radius 2 is 1.64 bits per heavy atom. The lowest BCUT2D eigenvalue weighted by molar-refractivity contribution is -0.144. The molecule has 122 valence electrons. The van der Waals surface area contributed by atoms with Crippen molar-refractivity contribution in [2.45, 2.75) is 50.2 Å². The first-order chi connectivity index (χ1) is 10.0. The van der Waals surface area contributed by atoms with Gasteiger partial charge in [0.15, 0.2) is 15.6 Å². The summed E-state index contributed by atoms with van der Waals surface area (Å²) in [6.45, 7) is 8.66. The third-order valence-corrected chi connectivity index (χ3v) is 5.30. The molecular weight excluding hydrogens is 304 g/mol. The summed E-state index contributed by atoms with van der Waals surface area (Å²) in [7, 11) is -4.11. The summed E-state index contributed by atoms with van der Waals surface area (Å²) in [4.78, 5) is 23.4. The predicted octanol–water partition coefficient (Wildman–Crippen LogP) is 2.28. The standard InChI is InChI=1S/C16H22O5S/c1-6-21-15(18)14(11(2)17)22(19,20)13-9-7-12(8-10-13)16(3,4)5/h7-10,14H,6H2,1-5H3. The maximum Gasteiger partial charge on any atom is 0.332 e. The summed E-state index contributed by atoms with van der Waals surface area (Å²) in [5, 5.41) is -1.81. The topological polar surface area (TPSA) is 77.5 Å². The van der Waals surface area contributed by atoms with Crippen LogP contribution in [-0.2, 0) is 29.6 Å². The van der Waals surface area contributed by atoms with Crippen molar-refractivity contribution < 1.29 is 22.7 Å². The molecule has 0 saturated heterocycles. The van der Waals surface area contributed by atoms with Crippen LogP contribution >= 0.6 is 0 Å². The molecule has 6 heteroatoms. The molecule has 1 atom stereocenters. The lowest BCUT2D eigenvalue weighted by Gasteiger charge is -2.20. The number of ether oxygens (including phenoxy) is 1. The lowest BCUT2D eigenvalue weighted by atomic mass is 9.87. The molecule has 0 fully saturated rings. The van der Waals surface area contributed by atoms with Crippen LogP contribution in [0.3, 0.4) is 0 Å². The number of rotatable bonds is 5. The highest BCUT2D eigenvalue weighted by Crippen LogP contribution is 2.25.